The summed E-state index contributed by atoms with van der Waals surface area (Å²) in [7, 11) is 0. The summed E-state index contributed by atoms with van der Waals surface area (Å²) >= 11 is 2.57. The van der Waals surface area contributed by atoms with Gasteiger partial charge in [-0.05, 0) is 154 Å². The minimum atomic E-state index is -1.64. The maximum atomic E-state index is 12.1. The monoisotopic (exact) mass is 1490 g/mol. The minimum absolute atomic E-state index is 0.00494. The lowest BCUT2D eigenvalue weighted by atomic mass is 9.34. The predicted molar refractivity (Wildman–Crippen MR) is 489 cm³/mol. The first-order valence-corrected chi connectivity index (χ1v) is 39.5. The van der Waals surface area contributed by atoms with Crippen molar-refractivity contribution in [1.82, 2.24) is 18.3 Å². The van der Waals surface area contributed by atoms with Crippen LogP contribution in [0.25, 0.3) is 216 Å². The molecule has 0 spiro atoms. The fourth-order valence-electron chi connectivity index (χ4n) is 18.7. The van der Waals surface area contributed by atoms with E-state index in [0.29, 0.717) is 107 Å². The number of thiophene rings is 2. The molecule has 17 aromatic carbocycles. The van der Waals surface area contributed by atoms with E-state index in [-0.39, 0.29) is 146 Å². The lowest BCUT2D eigenvalue weighted by molar-refractivity contribution is 0.589. The fraction of sp³-hybridized carbons (Fsp3) is 0.0377. The highest BCUT2D eigenvalue weighted by Gasteiger charge is 2.43. The molecule has 7 heteroatoms. The Morgan fingerprint density at radius 2 is 0.628 bits per heavy atom. The second kappa shape index (κ2) is 23.5. The summed E-state index contributed by atoms with van der Waals surface area (Å²) in [6.45, 7) is 4.26. The van der Waals surface area contributed by atoms with Gasteiger partial charge in [0, 0.05) is 106 Å². The molecule has 23 aromatic rings. The normalized spacial score (nSPS) is 14.9. The Morgan fingerprint density at radius 3 is 1.05 bits per heavy atom. The number of aromatic nitrogens is 4. The largest absolute Gasteiger partial charge is 0.309 e. The van der Waals surface area contributed by atoms with E-state index in [2.05, 4.69) is 0 Å². The number of fused-ring (bicyclic) bond motifs is 30. The Balaban J connectivity index is 1.04. The van der Waals surface area contributed by atoms with Crippen LogP contribution in [0, 0.1) is 0 Å². The maximum Gasteiger partial charge on any atom is 0.252 e. The van der Waals surface area contributed by atoms with Gasteiger partial charge in [-0.1, -0.05) is 300 Å². The number of hydrogen-bond acceptors (Lipinski definition) is 2. The first-order valence-electron chi connectivity index (χ1n) is 46.9. The molecule has 8 heterocycles. The van der Waals surface area contributed by atoms with Crippen molar-refractivity contribution in [3.8, 4) is 45.0 Å². The van der Waals surface area contributed by atoms with Crippen LogP contribution in [-0.2, 0) is 5.41 Å². The zero-order chi connectivity index (χ0) is 89.9. The minimum Gasteiger partial charge on any atom is -0.309 e. The standard InChI is InChI=1S/C106H67BN4S2/c1-106(2,3)64-56-93-101-94(57-64)111-103-66(63-30-8-5-9-31-63)45-27-47-80(103)72-37-13-11-33-68(72)70-35-15-17-43-78(70)100-90(109-88-49-23-19-39-74(88)82-59-84-76-41-21-25-51-96(76)113-98(84)61-92(82)109)55-53-86(105(100)111)107(101)85-52-54-89(108-87-48-22-18-38-73(87)81-58-83-75-40-20-24-50-95(75)112-97(83)60-91(81)108)99-77-42-16-14-34-69(77)67-32-10-12-36-71(67)79-46-26-44-65(62-28-6-4-7-29-62)102(79)110(93)104(85)99/h4-61H,1-3H3/i18D,19D,22D,23D,38D,39D,48D,49D,52D,53D,54D,55D,56D,57D,58D,59D,60D,61D. The van der Waals surface area contributed by atoms with Gasteiger partial charge in [-0.15, -0.1) is 22.7 Å². The third-order valence-corrected chi connectivity index (χ3v) is 25.7. The third-order valence-electron chi connectivity index (χ3n) is 23.5. The molecule has 4 nitrogen and oxygen atoms in total. The molecular weight excluding hydrogens is 1400 g/mol. The summed E-state index contributed by atoms with van der Waals surface area (Å²) < 4.78 is 205. The van der Waals surface area contributed by atoms with Crippen LogP contribution in [0.5, 0.6) is 0 Å². The molecule has 113 heavy (non-hydrogen) atoms. The van der Waals surface area contributed by atoms with Gasteiger partial charge in [-0.2, -0.15) is 0 Å². The van der Waals surface area contributed by atoms with Crippen LogP contribution in [0.2, 0.25) is 0 Å². The van der Waals surface area contributed by atoms with Gasteiger partial charge in [-0.3, -0.25) is 0 Å². The lowest BCUT2D eigenvalue weighted by Crippen LogP contribution is -2.60. The summed E-state index contributed by atoms with van der Waals surface area (Å²) in [5.74, 6) is 0. The van der Waals surface area contributed by atoms with Crippen molar-refractivity contribution >= 4 is 216 Å². The Kier molecular flexibility index (Phi) is 10.0. The van der Waals surface area contributed by atoms with Gasteiger partial charge in [-0.25, -0.2) is 0 Å². The SMILES string of the molecule is [2H]c1c2c3c(c([2H])c1C(C)(C)C)-n1c4c(-c5ccccc5)cccc4c4ccccc4c4ccccc4c4c(-n5c6c([2H])c([2H])c([2H])c([2H])c6c6c([2H])c7c(sc8ccccc87)c([2H])c65)c([2H])c([2H])c(c41)B3c1c([2H])c([2H])c(-n3c4c([2H])c([2H])c([2H])c([2H])c4c4c([2H])c5c(sc6ccccc65)c([2H])c43)c3c4ccccc4c4ccccc4c4cccc(-c5ccccc5)c4n-2c13. The Morgan fingerprint density at radius 1 is 0.265 bits per heavy atom. The lowest BCUT2D eigenvalue weighted by Gasteiger charge is -2.38. The highest BCUT2D eigenvalue weighted by atomic mass is 32.1. The Labute approximate surface area is 683 Å². The first kappa shape index (κ1) is 48.2. The maximum absolute atomic E-state index is 12.1. The van der Waals surface area contributed by atoms with Gasteiger partial charge in [0.2, 0.25) is 0 Å². The topological polar surface area (TPSA) is 19.7 Å². The van der Waals surface area contributed by atoms with Gasteiger partial charge in [0.25, 0.3) is 6.71 Å². The molecule has 2 aliphatic rings. The van der Waals surface area contributed by atoms with Crippen molar-refractivity contribution in [2.24, 2.45) is 0 Å². The van der Waals surface area contributed by atoms with E-state index in [4.69, 9.17) is 0 Å². The molecule has 0 amide bonds. The molecule has 0 fully saturated rings. The zero-order valence-corrected chi connectivity index (χ0v) is 62.4. The number of nitrogens with zero attached hydrogens (tertiary/aromatic N) is 4. The molecule has 0 radical (unpaired) electrons. The zero-order valence-electron chi connectivity index (χ0n) is 78.8. The number of rotatable bonds is 4. The average Bonchev–Trinajstić information content (AvgIpc) is 1.65. The van der Waals surface area contributed by atoms with E-state index < -0.39 is 84.6 Å². The van der Waals surface area contributed by atoms with Gasteiger partial charge in [0.1, 0.15) is 0 Å². The molecule has 0 bridgehead atoms. The van der Waals surface area contributed by atoms with Gasteiger partial charge in [0.05, 0.1) is 80.2 Å². The van der Waals surface area contributed by atoms with E-state index in [0.717, 1.165) is 20.5 Å². The summed E-state index contributed by atoms with van der Waals surface area (Å²) in [5, 5.41) is 8.36. The molecule has 2 aliphatic heterocycles. The van der Waals surface area contributed by atoms with Gasteiger partial charge < -0.3 is 18.3 Å². The summed E-state index contributed by atoms with van der Waals surface area (Å²) in [6.07, 6.45) is 0. The van der Waals surface area contributed by atoms with Crippen molar-refractivity contribution in [3.63, 3.8) is 0 Å². The number of para-hydroxylation sites is 4. The Hall–Kier alpha value is -13.6. The average molecular weight is 1490 g/mol. The van der Waals surface area contributed by atoms with E-state index in [1.165, 1.54) is 31.8 Å². The fourth-order valence-corrected chi connectivity index (χ4v) is 20.8. The second-order valence-corrected chi connectivity index (χ2v) is 32.7. The van der Waals surface area contributed by atoms with Crippen molar-refractivity contribution in [1.29, 1.82) is 0 Å². The van der Waals surface area contributed by atoms with E-state index in [1.807, 2.05) is 273 Å². The third kappa shape index (κ3) is 8.81. The molecule has 0 saturated heterocycles. The molecular formula is C106H67BN4S2. The van der Waals surface area contributed by atoms with Crippen LogP contribution in [0.3, 0.4) is 0 Å². The van der Waals surface area contributed by atoms with Crippen molar-refractivity contribution in [2.45, 2.75) is 26.2 Å². The Bertz CT molecular complexity index is 9000. The van der Waals surface area contributed by atoms with Crippen LogP contribution in [-0.4, -0.2) is 25.0 Å². The predicted octanol–water partition coefficient (Wildman–Crippen LogP) is 27.4. The summed E-state index contributed by atoms with van der Waals surface area (Å²) in [5.41, 5.74) is 2.97. The van der Waals surface area contributed by atoms with Crippen molar-refractivity contribution < 1.29 is 24.7 Å². The molecule has 0 unspecified atom stereocenters. The highest BCUT2D eigenvalue weighted by molar-refractivity contribution is 7.26. The van der Waals surface area contributed by atoms with Crippen molar-refractivity contribution in [3.05, 3.63) is 357 Å². The second-order valence-electron chi connectivity index (χ2n) is 30.5. The van der Waals surface area contributed by atoms with Crippen LogP contribution in [0.1, 0.15) is 51.0 Å². The van der Waals surface area contributed by atoms with Crippen LogP contribution in [0.15, 0.2) is 351 Å². The quantitative estimate of drug-likeness (QED) is 0.157. The van der Waals surface area contributed by atoms with E-state index >= 15 is 0 Å². The molecule has 0 atom stereocenters. The summed E-state index contributed by atoms with van der Waals surface area (Å²) in [6, 6.07) is 70.6. The van der Waals surface area contributed by atoms with E-state index in [1.54, 1.807) is 0 Å². The molecule has 25 rings (SSSR count). The van der Waals surface area contributed by atoms with Crippen molar-refractivity contribution in [2.75, 3.05) is 0 Å². The first-order chi connectivity index (χ1) is 63.3. The molecule has 0 N–H and O–H groups in total. The number of benzene rings is 17. The molecule has 6 aromatic heterocycles. The molecule has 526 valence electrons. The van der Waals surface area contributed by atoms with E-state index in [9.17, 15) is 24.7 Å². The molecule has 0 aliphatic carbocycles. The highest BCUT2D eigenvalue weighted by Crippen LogP contribution is 2.50. The molecule has 0 saturated carbocycles. The smallest absolute Gasteiger partial charge is 0.252 e. The van der Waals surface area contributed by atoms with Crippen LogP contribution >= 0.6 is 22.7 Å². The van der Waals surface area contributed by atoms with Crippen LogP contribution < -0.4 is 16.4 Å². The van der Waals surface area contributed by atoms with Crippen LogP contribution in [0.4, 0.5) is 0 Å². The van der Waals surface area contributed by atoms with Gasteiger partial charge in [0.15, 0.2) is 0 Å². The number of hydrogen-bond donors (Lipinski definition) is 0. The van der Waals surface area contributed by atoms with Gasteiger partial charge >= 0.3 is 0 Å². The summed E-state index contributed by atoms with van der Waals surface area (Å²) in [4.78, 5) is 0.